The summed E-state index contributed by atoms with van der Waals surface area (Å²) < 4.78 is 0. The molecule has 1 N–H and O–H groups in total. The first-order valence-corrected chi connectivity index (χ1v) is 6.88. The number of nitrogens with zero attached hydrogens (tertiary/aromatic N) is 1. The minimum Gasteiger partial charge on any atom is -0.372 e. The summed E-state index contributed by atoms with van der Waals surface area (Å²) in [6, 6.07) is 9.13. The molecule has 0 saturated carbocycles. The molecule has 0 aromatic heterocycles. The molecule has 1 aliphatic rings. The Labute approximate surface area is 105 Å². The fraction of sp³-hybridized carbons (Fsp3) is 0.600. The van der Waals surface area contributed by atoms with Gasteiger partial charge in [0.05, 0.1) is 0 Å². The van der Waals surface area contributed by atoms with Crippen LogP contribution in [0.5, 0.6) is 0 Å². The highest BCUT2D eigenvalue weighted by Crippen LogP contribution is 2.19. The molecule has 1 heterocycles. The van der Waals surface area contributed by atoms with E-state index in [1.165, 1.54) is 37.2 Å². The van der Waals surface area contributed by atoms with Gasteiger partial charge in [0.1, 0.15) is 0 Å². The molecular weight excluding hydrogens is 208 g/mol. The second kappa shape index (κ2) is 6.06. The number of nitrogens with one attached hydrogen (secondary N) is 1. The third-order valence-electron chi connectivity index (χ3n) is 3.75. The molecule has 2 heteroatoms. The Bertz CT molecular complexity index is 321. The maximum Gasteiger partial charge on any atom is 0.0366 e. The van der Waals surface area contributed by atoms with E-state index in [0.717, 1.165) is 19.0 Å². The Morgan fingerprint density at radius 3 is 2.41 bits per heavy atom. The van der Waals surface area contributed by atoms with E-state index >= 15 is 0 Å². The van der Waals surface area contributed by atoms with Gasteiger partial charge in [0.2, 0.25) is 0 Å². The number of hydrogen-bond donors (Lipinski definition) is 1. The van der Waals surface area contributed by atoms with Crippen LogP contribution in [0.3, 0.4) is 0 Å². The Hall–Kier alpha value is -1.02. The van der Waals surface area contributed by atoms with Gasteiger partial charge < -0.3 is 10.2 Å². The van der Waals surface area contributed by atoms with E-state index in [-0.39, 0.29) is 0 Å². The molecule has 94 valence electrons. The van der Waals surface area contributed by atoms with Gasteiger partial charge in [-0.3, -0.25) is 0 Å². The van der Waals surface area contributed by atoms with E-state index in [2.05, 4.69) is 48.3 Å². The summed E-state index contributed by atoms with van der Waals surface area (Å²) in [4.78, 5) is 2.39. The van der Waals surface area contributed by atoms with Crippen molar-refractivity contribution in [1.29, 1.82) is 0 Å². The van der Waals surface area contributed by atoms with E-state index in [4.69, 9.17) is 0 Å². The number of anilines is 1. The third-order valence-corrected chi connectivity index (χ3v) is 3.75. The average molecular weight is 232 g/mol. The molecule has 0 bridgehead atoms. The van der Waals surface area contributed by atoms with Crippen LogP contribution >= 0.6 is 0 Å². The molecule has 2 nitrogen and oxygen atoms in total. The molecule has 1 unspecified atom stereocenters. The van der Waals surface area contributed by atoms with Crippen LogP contribution in [0.1, 0.15) is 25.8 Å². The van der Waals surface area contributed by atoms with Crippen molar-refractivity contribution >= 4 is 5.69 Å². The fourth-order valence-corrected chi connectivity index (χ4v) is 2.65. The molecular formula is C15H24N2. The molecule has 1 saturated heterocycles. The highest BCUT2D eigenvalue weighted by Gasteiger charge is 2.14. The molecule has 1 aromatic rings. The fourth-order valence-electron chi connectivity index (χ4n) is 2.65. The summed E-state index contributed by atoms with van der Waals surface area (Å²) in [5.74, 6) is 0.842. The van der Waals surface area contributed by atoms with Crippen molar-refractivity contribution in [2.75, 3.05) is 31.1 Å². The maximum atomic E-state index is 3.43. The average Bonchev–Trinajstić information content (AvgIpc) is 2.86. The Kier molecular flexibility index (Phi) is 4.43. The van der Waals surface area contributed by atoms with Gasteiger partial charge in [-0.1, -0.05) is 12.1 Å². The van der Waals surface area contributed by atoms with Gasteiger partial charge in [-0.2, -0.15) is 0 Å². The van der Waals surface area contributed by atoms with Crippen molar-refractivity contribution in [3.63, 3.8) is 0 Å². The zero-order chi connectivity index (χ0) is 12.1. The first-order chi connectivity index (χ1) is 8.33. The standard InChI is InChI=1S/C15H24N2/c1-3-17(4-2)15-7-5-13(6-8-15)11-14-9-10-16-12-14/h5-8,14,16H,3-4,9-12H2,1-2H3. The summed E-state index contributed by atoms with van der Waals surface area (Å²) >= 11 is 0. The first kappa shape index (κ1) is 12.4. The van der Waals surface area contributed by atoms with E-state index < -0.39 is 0 Å². The Balaban J connectivity index is 1.96. The summed E-state index contributed by atoms with van der Waals surface area (Å²) in [6.07, 6.45) is 2.56. The van der Waals surface area contributed by atoms with Crippen molar-refractivity contribution in [2.24, 2.45) is 5.92 Å². The van der Waals surface area contributed by atoms with Crippen LogP contribution in [-0.4, -0.2) is 26.2 Å². The van der Waals surface area contributed by atoms with Crippen molar-refractivity contribution in [2.45, 2.75) is 26.7 Å². The first-order valence-electron chi connectivity index (χ1n) is 6.88. The van der Waals surface area contributed by atoms with Crippen molar-refractivity contribution in [3.8, 4) is 0 Å². The van der Waals surface area contributed by atoms with E-state index in [1.807, 2.05) is 0 Å². The van der Waals surface area contributed by atoms with Gasteiger partial charge in [0.15, 0.2) is 0 Å². The molecule has 0 amide bonds. The molecule has 0 aliphatic carbocycles. The van der Waals surface area contributed by atoms with Crippen molar-refractivity contribution in [3.05, 3.63) is 29.8 Å². The van der Waals surface area contributed by atoms with Gasteiger partial charge in [-0.05, 0) is 63.4 Å². The van der Waals surface area contributed by atoms with Crippen LogP contribution in [0.4, 0.5) is 5.69 Å². The summed E-state index contributed by atoms with van der Waals surface area (Å²) in [5.41, 5.74) is 2.83. The topological polar surface area (TPSA) is 15.3 Å². The Morgan fingerprint density at radius 1 is 1.18 bits per heavy atom. The maximum absolute atomic E-state index is 3.43. The minimum atomic E-state index is 0.842. The monoisotopic (exact) mass is 232 g/mol. The van der Waals surface area contributed by atoms with Gasteiger partial charge in [0.25, 0.3) is 0 Å². The Morgan fingerprint density at radius 2 is 1.88 bits per heavy atom. The minimum absolute atomic E-state index is 0.842. The van der Waals surface area contributed by atoms with E-state index in [0.29, 0.717) is 0 Å². The van der Waals surface area contributed by atoms with Crippen molar-refractivity contribution in [1.82, 2.24) is 5.32 Å². The van der Waals surface area contributed by atoms with Gasteiger partial charge in [-0.15, -0.1) is 0 Å². The summed E-state index contributed by atoms with van der Waals surface area (Å²) in [5, 5.41) is 3.43. The highest BCUT2D eigenvalue weighted by molar-refractivity contribution is 5.47. The zero-order valence-electron chi connectivity index (χ0n) is 11.1. The lowest BCUT2D eigenvalue weighted by Crippen LogP contribution is -2.21. The largest absolute Gasteiger partial charge is 0.372 e. The second-order valence-corrected chi connectivity index (χ2v) is 4.90. The number of rotatable bonds is 5. The normalized spacial score (nSPS) is 19.5. The van der Waals surface area contributed by atoms with Crippen LogP contribution in [0.25, 0.3) is 0 Å². The van der Waals surface area contributed by atoms with Crippen LogP contribution in [0, 0.1) is 5.92 Å². The van der Waals surface area contributed by atoms with Crippen LogP contribution in [0.2, 0.25) is 0 Å². The van der Waals surface area contributed by atoms with E-state index in [1.54, 1.807) is 0 Å². The molecule has 1 atom stereocenters. The van der Waals surface area contributed by atoms with Crippen LogP contribution in [-0.2, 0) is 6.42 Å². The number of hydrogen-bond acceptors (Lipinski definition) is 2. The quantitative estimate of drug-likeness (QED) is 0.839. The molecule has 17 heavy (non-hydrogen) atoms. The molecule has 1 aliphatic heterocycles. The lowest BCUT2D eigenvalue weighted by Gasteiger charge is -2.21. The lowest BCUT2D eigenvalue weighted by molar-refractivity contribution is 0.580. The van der Waals surface area contributed by atoms with E-state index in [9.17, 15) is 0 Å². The molecule has 1 fully saturated rings. The van der Waals surface area contributed by atoms with Crippen LogP contribution in [0.15, 0.2) is 24.3 Å². The number of benzene rings is 1. The van der Waals surface area contributed by atoms with Gasteiger partial charge >= 0.3 is 0 Å². The molecule has 1 aromatic carbocycles. The summed E-state index contributed by atoms with van der Waals surface area (Å²) in [6.45, 7) is 8.98. The predicted octanol–water partition coefficient (Wildman–Crippen LogP) is 2.68. The van der Waals surface area contributed by atoms with Gasteiger partial charge in [-0.25, -0.2) is 0 Å². The zero-order valence-corrected chi connectivity index (χ0v) is 11.1. The SMILES string of the molecule is CCN(CC)c1ccc(CC2CCNC2)cc1. The second-order valence-electron chi connectivity index (χ2n) is 4.90. The molecule has 2 rings (SSSR count). The summed E-state index contributed by atoms with van der Waals surface area (Å²) in [7, 11) is 0. The highest BCUT2D eigenvalue weighted by atomic mass is 15.1. The third kappa shape index (κ3) is 3.22. The lowest BCUT2D eigenvalue weighted by atomic mass is 9.98. The van der Waals surface area contributed by atoms with Crippen LogP contribution < -0.4 is 10.2 Å². The predicted molar refractivity (Wildman–Crippen MR) is 74.7 cm³/mol. The molecule has 0 spiro atoms. The smallest absolute Gasteiger partial charge is 0.0366 e. The van der Waals surface area contributed by atoms with Gasteiger partial charge in [0, 0.05) is 18.8 Å². The molecule has 0 radical (unpaired) electrons. The van der Waals surface area contributed by atoms with Crippen molar-refractivity contribution < 1.29 is 0 Å².